The Kier molecular flexibility index (Phi) is 5.90. The monoisotopic (exact) mass is 333 g/mol. The molecule has 0 heterocycles. The molecule has 0 aliphatic carbocycles. The van der Waals surface area contributed by atoms with Gasteiger partial charge in [0.1, 0.15) is 5.54 Å². The van der Waals surface area contributed by atoms with E-state index in [0.29, 0.717) is 6.42 Å². The van der Waals surface area contributed by atoms with Gasteiger partial charge < -0.3 is 5.11 Å². The van der Waals surface area contributed by atoms with Crippen LogP contribution in [0.2, 0.25) is 0 Å². The molecular weight excluding hydrogens is 314 g/mol. The molecular formula is C17H19NO4S. The maximum atomic E-state index is 11.9. The summed E-state index contributed by atoms with van der Waals surface area (Å²) in [4.78, 5) is 11.9. The molecule has 0 radical (unpaired) electrons. The molecule has 0 spiro atoms. The van der Waals surface area contributed by atoms with Gasteiger partial charge in [0.15, 0.2) is 0 Å². The molecule has 0 aromatic heterocycles. The Labute approximate surface area is 137 Å². The third kappa shape index (κ3) is 4.91. The molecule has 0 bridgehead atoms. The molecule has 0 aliphatic rings. The first-order valence-corrected chi connectivity index (χ1v) is 8.43. The lowest BCUT2D eigenvalue weighted by Crippen LogP contribution is -2.53. The Hall–Kier alpha value is -2.18. The van der Waals surface area contributed by atoms with Crippen molar-refractivity contribution in [3.63, 3.8) is 0 Å². The minimum Gasteiger partial charge on any atom is -0.480 e. The molecule has 0 aliphatic heterocycles. The van der Waals surface area contributed by atoms with E-state index < -0.39 is 22.4 Å². The van der Waals surface area contributed by atoms with Crippen LogP contribution >= 0.6 is 0 Å². The van der Waals surface area contributed by atoms with E-state index in [-0.39, 0.29) is 12.8 Å². The van der Waals surface area contributed by atoms with Crippen molar-refractivity contribution < 1.29 is 18.3 Å². The van der Waals surface area contributed by atoms with Crippen molar-refractivity contribution in [3.05, 3.63) is 71.8 Å². The summed E-state index contributed by atoms with van der Waals surface area (Å²) in [6.45, 7) is 0. The molecule has 6 heteroatoms. The molecule has 0 saturated heterocycles. The highest BCUT2D eigenvalue weighted by atomic mass is 32.2. The Balaban J connectivity index is 2.26. The van der Waals surface area contributed by atoms with Crippen molar-refractivity contribution >= 4 is 16.9 Å². The number of aliphatic carboxylic acids is 1. The maximum Gasteiger partial charge on any atom is 0.325 e. The van der Waals surface area contributed by atoms with Crippen LogP contribution in [-0.4, -0.2) is 25.0 Å². The summed E-state index contributed by atoms with van der Waals surface area (Å²) in [5, 5.41) is 9.68. The van der Waals surface area contributed by atoms with Crippen molar-refractivity contribution in [2.24, 2.45) is 0 Å². The fraction of sp³-hybridized carbons (Fsp3) is 0.235. The summed E-state index contributed by atoms with van der Waals surface area (Å²) in [6, 6.07) is 18.4. The molecule has 122 valence electrons. The normalized spacial score (nSPS) is 13.6. The van der Waals surface area contributed by atoms with E-state index in [1.165, 1.54) is 0 Å². The quantitative estimate of drug-likeness (QED) is 0.643. The maximum absolute atomic E-state index is 11.9. The lowest BCUT2D eigenvalue weighted by atomic mass is 9.86. The molecule has 2 rings (SSSR count). The summed E-state index contributed by atoms with van der Waals surface area (Å²) in [5.41, 5.74) is 0.188. The van der Waals surface area contributed by atoms with Crippen LogP contribution in [0.3, 0.4) is 0 Å². The first-order chi connectivity index (χ1) is 11.0. The summed E-state index contributed by atoms with van der Waals surface area (Å²) in [6.07, 6.45) is 0.736. The number of thiol groups is 1. The molecule has 0 fully saturated rings. The minimum absolute atomic E-state index is 0.0965. The van der Waals surface area contributed by atoms with Crippen molar-refractivity contribution in [2.75, 3.05) is 0 Å². The number of carboxylic acids is 1. The second-order valence-electron chi connectivity index (χ2n) is 5.40. The van der Waals surface area contributed by atoms with Crippen LogP contribution in [0.15, 0.2) is 60.7 Å². The second kappa shape index (κ2) is 7.89. The van der Waals surface area contributed by atoms with Crippen LogP contribution in [0, 0.1) is 0 Å². The van der Waals surface area contributed by atoms with Crippen molar-refractivity contribution in [1.29, 1.82) is 0 Å². The predicted octanol–water partition coefficient (Wildman–Crippen LogP) is 1.80. The summed E-state index contributed by atoms with van der Waals surface area (Å²) < 4.78 is 24.6. The zero-order valence-corrected chi connectivity index (χ0v) is 13.4. The third-order valence-corrected chi connectivity index (χ3v) is 4.36. The molecule has 1 atom stereocenters. The van der Waals surface area contributed by atoms with Crippen LogP contribution in [-0.2, 0) is 28.5 Å². The average molecular weight is 333 g/mol. The van der Waals surface area contributed by atoms with Crippen LogP contribution in [0.25, 0.3) is 0 Å². The van der Waals surface area contributed by atoms with Gasteiger partial charge in [-0.3, -0.25) is 4.79 Å². The van der Waals surface area contributed by atoms with E-state index in [9.17, 15) is 18.3 Å². The number of carboxylic acid groups (broad SMARTS) is 1. The lowest BCUT2D eigenvalue weighted by molar-refractivity contribution is -0.144. The largest absolute Gasteiger partial charge is 0.480 e. The average Bonchev–Trinajstić information content (AvgIpc) is 2.54. The van der Waals surface area contributed by atoms with Crippen molar-refractivity contribution in [2.45, 2.75) is 24.8 Å². The van der Waals surface area contributed by atoms with Gasteiger partial charge in [0.25, 0.3) is 0 Å². The summed E-state index contributed by atoms with van der Waals surface area (Å²) in [7, 11) is -3.03. The number of hydrogen-bond acceptors (Lipinski definition) is 3. The van der Waals surface area contributed by atoms with Gasteiger partial charge in [0.2, 0.25) is 10.9 Å². The van der Waals surface area contributed by atoms with Gasteiger partial charge in [0, 0.05) is 6.42 Å². The lowest BCUT2D eigenvalue weighted by Gasteiger charge is -2.28. The molecule has 23 heavy (non-hydrogen) atoms. The predicted molar refractivity (Wildman–Crippen MR) is 88.7 cm³/mol. The van der Waals surface area contributed by atoms with Gasteiger partial charge in [-0.25, -0.2) is 8.42 Å². The molecule has 5 nitrogen and oxygen atoms in total. The van der Waals surface area contributed by atoms with E-state index in [1.807, 2.05) is 36.4 Å². The molecule has 0 amide bonds. The Morgan fingerprint density at radius 3 is 1.96 bits per heavy atom. The van der Waals surface area contributed by atoms with Crippen LogP contribution < -0.4 is 4.72 Å². The zero-order chi connectivity index (χ0) is 16.7. The highest BCUT2D eigenvalue weighted by Gasteiger charge is 2.39. The number of hydrogen-bond donors (Lipinski definition) is 3. The van der Waals surface area contributed by atoms with Gasteiger partial charge in [0.05, 0.1) is 0 Å². The highest BCUT2D eigenvalue weighted by Crippen LogP contribution is 2.21. The topological polar surface area (TPSA) is 83.5 Å². The molecule has 2 N–H and O–H groups in total. The van der Waals surface area contributed by atoms with E-state index in [1.54, 1.807) is 24.3 Å². The third-order valence-electron chi connectivity index (χ3n) is 3.75. The summed E-state index contributed by atoms with van der Waals surface area (Å²) >= 11 is 0. The zero-order valence-electron chi connectivity index (χ0n) is 12.5. The van der Waals surface area contributed by atoms with E-state index in [2.05, 4.69) is 4.72 Å². The van der Waals surface area contributed by atoms with Gasteiger partial charge in [-0.15, -0.1) is 0 Å². The van der Waals surface area contributed by atoms with Gasteiger partial charge in [-0.2, -0.15) is 4.72 Å². The van der Waals surface area contributed by atoms with E-state index in [4.69, 9.17) is 0 Å². The minimum atomic E-state index is -3.03. The van der Waals surface area contributed by atoms with Crippen LogP contribution in [0.4, 0.5) is 0 Å². The first kappa shape index (κ1) is 17.2. The van der Waals surface area contributed by atoms with Gasteiger partial charge in [-0.05, 0) is 24.0 Å². The van der Waals surface area contributed by atoms with E-state index in [0.717, 1.165) is 11.1 Å². The Morgan fingerprint density at radius 1 is 0.957 bits per heavy atom. The molecule has 0 unspecified atom stereocenters. The van der Waals surface area contributed by atoms with Gasteiger partial charge >= 0.3 is 5.97 Å². The fourth-order valence-electron chi connectivity index (χ4n) is 2.54. The number of rotatable bonds is 8. The Morgan fingerprint density at radius 2 is 1.48 bits per heavy atom. The SMILES string of the molecule is O=C(O)[C@@](CCc1ccccc1)(Cc1ccccc1)N[SH](=O)=O. The van der Waals surface area contributed by atoms with Gasteiger partial charge in [-0.1, -0.05) is 60.7 Å². The van der Waals surface area contributed by atoms with Crippen molar-refractivity contribution in [3.8, 4) is 0 Å². The first-order valence-electron chi connectivity index (χ1n) is 7.25. The number of carbonyl (C=O) groups is 1. The number of aryl methyl sites for hydroxylation is 1. The second-order valence-corrected chi connectivity index (χ2v) is 6.14. The van der Waals surface area contributed by atoms with Crippen LogP contribution in [0.5, 0.6) is 0 Å². The Bertz CT molecular complexity index is 708. The summed E-state index contributed by atoms with van der Waals surface area (Å²) in [5.74, 6) is -1.17. The number of nitrogens with one attached hydrogen (secondary N) is 1. The van der Waals surface area contributed by atoms with E-state index >= 15 is 0 Å². The van der Waals surface area contributed by atoms with Crippen LogP contribution in [0.1, 0.15) is 17.5 Å². The standard InChI is InChI=1S/C17H19NO4S/c19-16(20)17(18-23(21)22,13-15-9-5-2-6-10-15)12-11-14-7-3-1-4-8-14/h1-10,23H,11-13H2,(H,19,20)(H,18,21,22)/t17-/m1/s1. The number of benzene rings is 2. The van der Waals surface area contributed by atoms with Crippen molar-refractivity contribution in [1.82, 2.24) is 4.72 Å². The smallest absolute Gasteiger partial charge is 0.325 e. The molecule has 2 aromatic carbocycles. The molecule has 2 aromatic rings. The fourth-order valence-corrected chi connectivity index (χ4v) is 3.17. The molecule has 0 saturated carbocycles. The highest BCUT2D eigenvalue weighted by molar-refractivity contribution is 7.70.